The summed E-state index contributed by atoms with van der Waals surface area (Å²) in [5.41, 5.74) is 0.373. The van der Waals surface area contributed by atoms with Gasteiger partial charge in [0.15, 0.2) is 5.75 Å². The highest BCUT2D eigenvalue weighted by atomic mass is 16.6. The summed E-state index contributed by atoms with van der Waals surface area (Å²) < 4.78 is 5.37. The second-order valence-corrected chi connectivity index (χ2v) is 5.97. The minimum atomic E-state index is -0.439. The molecule has 1 aromatic rings. The van der Waals surface area contributed by atoms with Gasteiger partial charge in [-0.05, 0) is 25.0 Å². The summed E-state index contributed by atoms with van der Waals surface area (Å²) in [6, 6.07) is 4.98. The number of anilines is 1. The minimum Gasteiger partial charge on any atom is -0.487 e. The molecule has 126 valence electrons. The molecule has 0 atom stereocenters. The summed E-state index contributed by atoms with van der Waals surface area (Å²) in [6.45, 7) is 8.29. The summed E-state index contributed by atoms with van der Waals surface area (Å²) in [7, 11) is 0. The van der Waals surface area contributed by atoms with E-state index < -0.39 is 4.92 Å². The van der Waals surface area contributed by atoms with Crippen LogP contribution < -0.4 is 9.64 Å². The Morgan fingerprint density at radius 2 is 2.09 bits per heavy atom. The Hall–Kier alpha value is -2.31. The van der Waals surface area contributed by atoms with Gasteiger partial charge in [-0.15, -0.1) is 0 Å². The molecule has 7 nitrogen and oxygen atoms in total. The lowest BCUT2D eigenvalue weighted by molar-refractivity contribution is -0.385. The Bertz CT molecular complexity index is 589. The van der Waals surface area contributed by atoms with Gasteiger partial charge in [-0.25, -0.2) is 0 Å². The van der Waals surface area contributed by atoms with E-state index in [1.807, 2.05) is 4.90 Å². The monoisotopic (exact) mass is 321 g/mol. The quantitative estimate of drug-likeness (QED) is 0.593. The summed E-state index contributed by atoms with van der Waals surface area (Å²) in [6.07, 6.45) is 0. The third-order valence-electron chi connectivity index (χ3n) is 3.71. The van der Waals surface area contributed by atoms with Crippen LogP contribution in [0, 0.1) is 16.0 Å². The first kappa shape index (κ1) is 17.1. The average molecular weight is 321 g/mol. The molecule has 0 bridgehead atoms. The van der Waals surface area contributed by atoms with Crippen molar-refractivity contribution in [3.05, 3.63) is 28.3 Å². The lowest BCUT2D eigenvalue weighted by atomic mass is 10.1. The van der Waals surface area contributed by atoms with Gasteiger partial charge in [-0.1, -0.05) is 19.9 Å². The fourth-order valence-electron chi connectivity index (χ4n) is 2.77. The second kappa shape index (κ2) is 7.30. The largest absolute Gasteiger partial charge is 0.487 e. The molecular weight excluding hydrogens is 298 g/mol. The van der Waals surface area contributed by atoms with Gasteiger partial charge in [-0.3, -0.25) is 14.9 Å². The predicted molar refractivity (Wildman–Crippen MR) is 87.9 cm³/mol. The summed E-state index contributed by atoms with van der Waals surface area (Å²) in [4.78, 5) is 26.9. The van der Waals surface area contributed by atoms with Crippen LogP contribution in [0.25, 0.3) is 0 Å². The molecule has 0 saturated carbocycles. The van der Waals surface area contributed by atoms with E-state index in [0.717, 1.165) is 0 Å². The van der Waals surface area contributed by atoms with Crippen molar-refractivity contribution in [3.63, 3.8) is 0 Å². The molecule has 0 aromatic heterocycles. The van der Waals surface area contributed by atoms with Crippen LogP contribution >= 0.6 is 0 Å². The van der Waals surface area contributed by atoms with Gasteiger partial charge in [0.2, 0.25) is 5.91 Å². The van der Waals surface area contributed by atoms with Gasteiger partial charge in [0, 0.05) is 19.6 Å². The van der Waals surface area contributed by atoms with Gasteiger partial charge in [-0.2, -0.15) is 0 Å². The van der Waals surface area contributed by atoms with Gasteiger partial charge in [0.05, 0.1) is 18.1 Å². The molecule has 1 aliphatic rings. The number of para-hydroxylation sites is 1. The maximum Gasteiger partial charge on any atom is 0.333 e. The highest BCUT2D eigenvalue weighted by Gasteiger charge is 2.30. The van der Waals surface area contributed by atoms with E-state index >= 15 is 0 Å². The minimum absolute atomic E-state index is 0.000982. The SMILES string of the molecule is CCOc1cccc(N2CCN(CC(C)C)C(=O)C2)c1[N+](=O)[O-]. The number of carbonyl (C=O) groups is 1. The van der Waals surface area contributed by atoms with E-state index in [1.54, 1.807) is 30.0 Å². The van der Waals surface area contributed by atoms with Crippen LogP contribution in [0.15, 0.2) is 18.2 Å². The third-order valence-corrected chi connectivity index (χ3v) is 3.71. The van der Waals surface area contributed by atoms with Crippen molar-refractivity contribution in [1.29, 1.82) is 0 Å². The number of hydrogen-bond donors (Lipinski definition) is 0. The molecule has 1 aromatic carbocycles. The van der Waals surface area contributed by atoms with E-state index in [2.05, 4.69) is 13.8 Å². The number of piperazine rings is 1. The number of hydrogen-bond acceptors (Lipinski definition) is 5. The van der Waals surface area contributed by atoms with E-state index in [4.69, 9.17) is 4.74 Å². The molecule has 1 aliphatic heterocycles. The molecule has 0 spiro atoms. The zero-order valence-electron chi connectivity index (χ0n) is 13.8. The van der Waals surface area contributed by atoms with Crippen molar-refractivity contribution in [2.24, 2.45) is 5.92 Å². The van der Waals surface area contributed by atoms with Gasteiger partial charge in [0.1, 0.15) is 5.69 Å². The number of benzene rings is 1. The zero-order chi connectivity index (χ0) is 17.0. The third kappa shape index (κ3) is 3.91. The van der Waals surface area contributed by atoms with Crippen LogP contribution in [0.5, 0.6) is 5.75 Å². The molecule has 1 heterocycles. The average Bonchev–Trinajstić information content (AvgIpc) is 2.48. The van der Waals surface area contributed by atoms with Crippen molar-refractivity contribution in [1.82, 2.24) is 4.90 Å². The number of carbonyl (C=O) groups excluding carboxylic acids is 1. The van der Waals surface area contributed by atoms with E-state index in [0.29, 0.717) is 37.8 Å². The summed E-state index contributed by atoms with van der Waals surface area (Å²) in [5, 5.41) is 11.5. The molecule has 1 saturated heterocycles. The van der Waals surface area contributed by atoms with Gasteiger partial charge in [0.25, 0.3) is 0 Å². The summed E-state index contributed by atoms with van der Waals surface area (Å²) >= 11 is 0. The predicted octanol–water partition coefficient (Wildman–Crippen LogP) is 2.30. The first-order chi connectivity index (χ1) is 10.9. The molecule has 0 aliphatic carbocycles. The van der Waals surface area contributed by atoms with E-state index in [1.165, 1.54) is 0 Å². The highest BCUT2D eigenvalue weighted by Crippen LogP contribution is 2.37. The first-order valence-electron chi connectivity index (χ1n) is 7.87. The Morgan fingerprint density at radius 3 is 2.65 bits per heavy atom. The Balaban J connectivity index is 2.24. The molecule has 0 N–H and O–H groups in total. The van der Waals surface area contributed by atoms with Crippen LogP contribution in [-0.2, 0) is 4.79 Å². The number of nitro groups is 1. The van der Waals surface area contributed by atoms with Gasteiger partial charge < -0.3 is 14.5 Å². The molecular formula is C16H23N3O4. The Morgan fingerprint density at radius 1 is 1.35 bits per heavy atom. The van der Waals surface area contributed by atoms with Crippen LogP contribution in [0.2, 0.25) is 0 Å². The standard InChI is InChI=1S/C16H23N3O4/c1-4-23-14-7-5-6-13(16(14)19(21)22)17-8-9-18(10-12(2)3)15(20)11-17/h5-7,12H,4,8-11H2,1-3H3. The summed E-state index contributed by atoms with van der Waals surface area (Å²) in [5.74, 6) is 0.647. The topological polar surface area (TPSA) is 75.9 Å². The second-order valence-electron chi connectivity index (χ2n) is 5.97. The van der Waals surface area contributed by atoms with E-state index in [-0.39, 0.29) is 23.9 Å². The molecule has 0 radical (unpaired) electrons. The number of nitro benzene ring substituents is 1. The van der Waals surface area contributed by atoms with Gasteiger partial charge >= 0.3 is 5.69 Å². The lowest BCUT2D eigenvalue weighted by Crippen LogP contribution is -2.51. The highest BCUT2D eigenvalue weighted by molar-refractivity contribution is 5.84. The number of rotatable bonds is 6. The molecule has 7 heteroatoms. The number of amides is 1. The fourth-order valence-corrected chi connectivity index (χ4v) is 2.77. The van der Waals surface area contributed by atoms with Crippen LogP contribution in [-0.4, -0.2) is 48.5 Å². The lowest BCUT2D eigenvalue weighted by Gasteiger charge is -2.36. The molecule has 23 heavy (non-hydrogen) atoms. The van der Waals surface area contributed by atoms with Crippen LogP contribution in [0.3, 0.4) is 0 Å². The molecule has 1 amide bonds. The Kier molecular flexibility index (Phi) is 5.41. The smallest absolute Gasteiger partial charge is 0.333 e. The van der Waals surface area contributed by atoms with E-state index in [9.17, 15) is 14.9 Å². The zero-order valence-corrected chi connectivity index (χ0v) is 13.8. The van der Waals surface area contributed by atoms with Crippen LogP contribution in [0.1, 0.15) is 20.8 Å². The normalized spacial score (nSPS) is 15.2. The molecule has 2 rings (SSSR count). The number of nitrogens with zero attached hydrogens (tertiary/aromatic N) is 3. The van der Waals surface area contributed by atoms with Crippen molar-refractivity contribution >= 4 is 17.3 Å². The first-order valence-corrected chi connectivity index (χ1v) is 7.87. The maximum absolute atomic E-state index is 12.3. The van der Waals surface area contributed by atoms with Crippen LogP contribution in [0.4, 0.5) is 11.4 Å². The van der Waals surface area contributed by atoms with Crippen molar-refractivity contribution in [2.75, 3.05) is 37.7 Å². The van der Waals surface area contributed by atoms with Crippen molar-refractivity contribution in [2.45, 2.75) is 20.8 Å². The Labute approximate surface area is 136 Å². The fraction of sp³-hybridized carbons (Fsp3) is 0.562. The molecule has 0 unspecified atom stereocenters. The number of ether oxygens (including phenoxy) is 1. The van der Waals surface area contributed by atoms with Crippen molar-refractivity contribution < 1.29 is 14.5 Å². The maximum atomic E-state index is 12.3. The van der Waals surface area contributed by atoms with Crippen molar-refractivity contribution in [3.8, 4) is 5.75 Å². The molecule has 1 fully saturated rings.